The van der Waals surface area contributed by atoms with Gasteiger partial charge in [-0.1, -0.05) is 20.8 Å². The summed E-state index contributed by atoms with van der Waals surface area (Å²) >= 11 is 0. The van der Waals surface area contributed by atoms with E-state index >= 15 is 0 Å². The van der Waals surface area contributed by atoms with Crippen molar-refractivity contribution in [3.05, 3.63) is 0 Å². The molecule has 136 valence electrons. The van der Waals surface area contributed by atoms with Gasteiger partial charge in [0.25, 0.3) is 0 Å². The zero-order valence-electron chi connectivity index (χ0n) is 15.4. The monoisotopic (exact) mass is 337 g/mol. The third-order valence-corrected chi connectivity index (χ3v) is 7.36. The van der Waals surface area contributed by atoms with Crippen molar-refractivity contribution in [3.8, 4) is 0 Å². The minimum absolute atomic E-state index is 0.0545. The number of piperidine rings is 1. The number of nitrogens with zero attached hydrogens (tertiary/aromatic N) is 1. The van der Waals surface area contributed by atoms with Crippen LogP contribution in [0.5, 0.6) is 0 Å². The topological polar surface area (TPSA) is 70.7 Å². The van der Waals surface area contributed by atoms with Gasteiger partial charge in [0.15, 0.2) is 0 Å². The number of likely N-dealkylation sites (tertiary alicyclic amines) is 1. The Morgan fingerprint density at radius 1 is 1.08 bits per heavy atom. The van der Waals surface area contributed by atoms with Crippen molar-refractivity contribution in [1.29, 1.82) is 0 Å². The van der Waals surface area contributed by atoms with Gasteiger partial charge in [0.05, 0.1) is 7.11 Å². The first-order chi connectivity index (χ1) is 11.3. The Labute approximate surface area is 144 Å². The molecule has 3 aliphatic rings. The molecule has 2 bridgehead atoms. The lowest BCUT2D eigenvalue weighted by atomic mass is 9.69. The molecule has 0 aromatic heterocycles. The lowest BCUT2D eigenvalue weighted by molar-refractivity contribution is 0.109. The maximum atomic E-state index is 12.4. The van der Waals surface area contributed by atoms with Crippen molar-refractivity contribution in [3.63, 3.8) is 0 Å². The van der Waals surface area contributed by atoms with Crippen LogP contribution in [0.3, 0.4) is 0 Å². The normalized spacial score (nSPS) is 34.9. The molecule has 24 heavy (non-hydrogen) atoms. The molecule has 0 spiro atoms. The lowest BCUT2D eigenvalue weighted by Gasteiger charge is -2.39. The van der Waals surface area contributed by atoms with Crippen LogP contribution in [0.1, 0.15) is 52.9 Å². The standard InChI is InChI=1S/C18H31N3O3/c1-17(2)12-5-8-18(17,3)14(11-12)20-15(22)19-13-6-9-21(10-7-13)16(23)24-4/h12-14H,5-11H2,1-4H3,(H2,19,20,22). The molecular weight excluding hydrogens is 306 g/mol. The largest absolute Gasteiger partial charge is 0.453 e. The van der Waals surface area contributed by atoms with Crippen LogP contribution < -0.4 is 10.6 Å². The Balaban J connectivity index is 1.49. The first kappa shape index (κ1) is 17.4. The van der Waals surface area contributed by atoms with Crippen LogP contribution in [0.4, 0.5) is 9.59 Å². The molecule has 0 radical (unpaired) electrons. The minimum Gasteiger partial charge on any atom is -0.453 e. The van der Waals surface area contributed by atoms with Gasteiger partial charge in [0, 0.05) is 25.2 Å². The predicted molar refractivity (Wildman–Crippen MR) is 91.7 cm³/mol. The molecule has 2 N–H and O–H groups in total. The Hall–Kier alpha value is -1.46. The van der Waals surface area contributed by atoms with E-state index < -0.39 is 0 Å². The fourth-order valence-electron chi connectivity index (χ4n) is 5.14. The average Bonchev–Trinajstić information content (AvgIpc) is 2.88. The number of nitrogens with one attached hydrogen (secondary N) is 2. The average molecular weight is 337 g/mol. The second-order valence-corrected chi connectivity index (χ2v) is 8.51. The number of hydrogen-bond acceptors (Lipinski definition) is 3. The third-order valence-electron chi connectivity index (χ3n) is 7.36. The van der Waals surface area contributed by atoms with Crippen molar-refractivity contribution >= 4 is 12.1 Å². The van der Waals surface area contributed by atoms with Gasteiger partial charge in [-0.05, 0) is 48.9 Å². The van der Waals surface area contributed by atoms with Gasteiger partial charge in [0.2, 0.25) is 0 Å². The highest BCUT2D eigenvalue weighted by atomic mass is 16.5. The van der Waals surface area contributed by atoms with Crippen molar-refractivity contribution in [2.75, 3.05) is 20.2 Å². The van der Waals surface area contributed by atoms with Crippen molar-refractivity contribution in [2.24, 2.45) is 16.7 Å². The van der Waals surface area contributed by atoms with E-state index in [1.807, 2.05) is 0 Å². The summed E-state index contributed by atoms with van der Waals surface area (Å²) in [7, 11) is 1.40. The molecule has 1 heterocycles. The lowest BCUT2D eigenvalue weighted by Crippen LogP contribution is -2.54. The summed E-state index contributed by atoms with van der Waals surface area (Å²) in [6.07, 6.45) is 4.85. The van der Waals surface area contributed by atoms with E-state index in [-0.39, 0.29) is 29.6 Å². The maximum Gasteiger partial charge on any atom is 0.409 e. The summed E-state index contributed by atoms with van der Waals surface area (Å²) in [5.41, 5.74) is 0.500. The van der Waals surface area contributed by atoms with E-state index in [4.69, 9.17) is 4.74 Å². The zero-order valence-corrected chi connectivity index (χ0v) is 15.4. The van der Waals surface area contributed by atoms with E-state index in [0.29, 0.717) is 18.5 Å². The molecule has 0 aromatic carbocycles. The number of carbonyl (C=O) groups excluding carboxylic acids is 2. The van der Waals surface area contributed by atoms with Gasteiger partial charge in [-0.3, -0.25) is 0 Å². The fraction of sp³-hybridized carbons (Fsp3) is 0.889. The van der Waals surface area contributed by atoms with E-state index in [9.17, 15) is 9.59 Å². The number of hydrogen-bond donors (Lipinski definition) is 2. The van der Waals surface area contributed by atoms with Crippen LogP contribution in [-0.4, -0.2) is 49.3 Å². The first-order valence-corrected chi connectivity index (χ1v) is 9.18. The van der Waals surface area contributed by atoms with Gasteiger partial charge in [-0.2, -0.15) is 0 Å². The highest BCUT2D eigenvalue weighted by Gasteiger charge is 2.61. The summed E-state index contributed by atoms with van der Waals surface area (Å²) in [4.78, 5) is 25.6. The number of methoxy groups -OCH3 is 1. The quantitative estimate of drug-likeness (QED) is 0.814. The molecule has 3 unspecified atom stereocenters. The zero-order chi connectivity index (χ0) is 17.5. The van der Waals surface area contributed by atoms with Gasteiger partial charge in [0.1, 0.15) is 0 Å². The second-order valence-electron chi connectivity index (χ2n) is 8.51. The Bertz CT molecular complexity index is 514. The Morgan fingerprint density at radius 3 is 2.25 bits per heavy atom. The molecule has 6 nitrogen and oxygen atoms in total. The maximum absolute atomic E-state index is 12.4. The summed E-state index contributed by atoms with van der Waals surface area (Å²) in [5, 5.41) is 6.34. The molecule has 3 atom stereocenters. The summed E-state index contributed by atoms with van der Waals surface area (Å²) < 4.78 is 4.74. The predicted octanol–water partition coefficient (Wildman–Crippen LogP) is 2.73. The van der Waals surface area contributed by atoms with Gasteiger partial charge in [-0.15, -0.1) is 0 Å². The molecule has 0 aromatic rings. The van der Waals surface area contributed by atoms with E-state index in [1.165, 1.54) is 20.0 Å². The number of rotatable bonds is 2. The van der Waals surface area contributed by atoms with Crippen LogP contribution in [0.2, 0.25) is 0 Å². The molecule has 1 aliphatic heterocycles. The molecule has 1 saturated heterocycles. The van der Waals surface area contributed by atoms with Crippen molar-refractivity contribution in [2.45, 2.75) is 65.0 Å². The Morgan fingerprint density at radius 2 is 1.75 bits per heavy atom. The second kappa shape index (κ2) is 6.12. The number of ether oxygens (including phenoxy) is 1. The summed E-state index contributed by atoms with van der Waals surface area (Å²) in [6, 6.07) is 0.341. The summed E-state index contributed by atoms with van der Waals surface area (Å²) in [5.74, 6) is 0.719. The number of urea groups is 1. The van der Waals surface area contributed by atoms with E-state index in [0.717, 1.165) is 25.2 Å². The third kappa shape index (κ3) is 2.74. The molecule has 3 rings (SSSR count). The van der Waals surface area contributed by atoms with Crippen LogP contribution in [0.25, 0.3) is 0 Å². The number of amides is 3. The number of fused-ring (bicyclic) bond motifs is 2. The molecule has 2 saturated carbocycles. The molecule has 6 heteroatoms. The van der Waals surface area contributed by atoms with Gasteiger partial charge >= 0.3 is 12.1 Å². The highest BCUT2D eigenvalue weighted by Crippen LogP contribution is 2.65. The molecular formula is C18H31N3O3. The van der Waals surface area contributed by atoms with Crippen LogP contribution in [0, 0.1) is 16.7 Å². The van der Waals surface area contributed by atoms with E-state index in [2.05, 4.69) is 31.4 Å². The molecule has 3 fully saturated rings. The minimum atomic E-state index is -0.282. The van der Waals surface area contributed by atoms with Crippen LogP contribution in [-0.2, 0) is 4.74 Å². The van der Waals surface area contributed by atoms with Crippen molar-refractivity contribution in [1.82, 2.24) is 15.5 Å². The SMILES string of the molecule is COC(=O)N1CCC(NC(=O)NC2CC3CCC2(C)C3(C)C)CC1. The number of carbonyl (C=O) groups is 2. The summed E-state index contributed by atoms with van der Waals surface area (Å²) in [6.45, 7) is 8.31. The first-order valence-electron chi connectivity index (χ1n) is 9.18. The van der Waals surface area contributed by atoms with Crippen molar-refractivity contribution < 1.29 is 14.3 Å². The smallest absolute Gasteiger partial charge is 0.409 e. The van der Waals surface area contributed by atoms with Crippen LogP contribution in [0.15, 0.2) is 0 Å². The Kier molecular flexibility index (Phi) is 4.43. The van der Waals surface area contributed by atoms with Gasteiger partial charge in [-0.25, -0.2) is 9.59 Å². The molecule has 3 amide bonds. The fourth-order valence-corrected chi connectivity index (χ4v) is 5.14. The van der Waals surface area contributed by atoms with Gasteiger partial charge < -0.3 is 20.3 Å². The van der Waals surface area contributed by atoms with E-state index in [1.54, 1.807) is 4.90 Å². The molecule has 2 aliphatic carbocycles. The van der Waals surface area contributed by atoms with Crippen LogP contribution >= 0.6 is 0 Å². The highest BCUT2D eigenvalue weighted by molar-refractivity contribution is 5.75.